The predicted molar refractivity (Wildman–Crippen MR) is 121 cm³/mol. The number of hydrogen-bond donors (Lipinski definition) is 3. The summed E-state index contributed by atoms with van der Waals surface area (Å²) < 4.78 is 9.92. The first-order chi connectivity index (χ1) is 13.5. The molecule has 0 saturated heterocycles. The third-order valence-corrected chi connectivity index (χ3v) is 4.74. The van der Waals surface area contributed by atoms with E-state index in [4.69, 9.17) is 14.5 Å². The first-order valence-electron chi connectivity index (χ1n) is 10.4. The Hall–Kier alpha value is -0.330. The van der Waals surface area contributed by atoms with Gasteiger partial charge >= 0.3 is 6.72 Å². The quantitative estimate of drug-likeness (QED) is 0.148. The summed E-state index contributed by atoms with van der Waals surface area (Å²) in [6, 6.07) is 0. The molecule has 0 radical (unpaired) electrons. The van der Waals surface area contributed by atoms with Gasteiger partial charge in [0.25, 0.3) is 0 Å². The molecule has 1 atom stereocenters. The molecule has 0 aromatic heterocycles. The third-order valence-electron chi connectivity index (χ3n) is 3.93. The molecule has 0 fully saturated rings. The van der Waals surface area contributed by atoms with Crippen LogP contribution >= 0.6 is 6.72 Å². The molecule has 1 unspecified atom stereocenters. The first-order valence-corrected chi connectivity index (χ1v) is 13.0. The van der Waals surface area contributed by atoms with Crippen molar-refractivity contribution in [1.82, 2.24) is 0 Å². The summed E-state index contributed by atoms with van der Waals surface area (Å²) in [5, 5.41) is 9.53. The molecule has 5 nitrogen and oxygen atoms in total. The van der Waals surface area contributed by atoms with Gasteiger partial charge in [-0.1, -0.05) is 69.1 Å². The van der Waals surface area contributed by atoms with Gasteiger partial charge < -0.3 is 24.2 Å². The van der Waals surface area contributed by atoms with Gasteiger partial charge in [-0.3, -0.25) is 0 Å². The maximum atomic E-state index is 9.53. The van der Waals surface area contributed by atoms with Crippen molar-refractivity contribution >= 4 is 18.5 Å². The molecular formula is C21H39O5PS. The number of hydrogen-bond acceptors (Lipinski definition) is 4. The molecule has 28 heavy (non-hydrogen) atoms. The third kappa shape index (κ3) is 23.7. The zero-order valence-electron chi connectivity index (χ0n) is 17.2. The van der Waals surface area contributed by atoms with Crippen LogP contribution in [0.15, 0.2) is 36.5 Å². The number of unbranched alkanes of at least 4 members (excludes halogenated alkanes) is 6. The lowest BCUT2D eigenvalue weighted by Crippen LogP contribution is -2.21. The summed E-state index contributed by atoms with van der Waals surface area (Å²) in [7, 11) is 0. The Morgan fingerprint density at radius 2 is 1.39 bits per heavy atom. The number of aliphatic hydroxyl groups is 1. The average Bonchev–Trinajstić information content (AvgIpc) is 2.65. The Bertz CT molecular complexity index is 473. The highest BCUT2D eigenvalue weighted by atomic mass is 32.5. The van der Waals surface area contributed by atoms with Crippen LogP contribution in [0, 0.1) is 0 Å². The zero-order valence-corrected chi connectivity index (χ0v) is 19.0. The van der Waals surface area contributed by atoms with Crippen LogP contribution in [0.4, 0.5) is 0 Å². The molecule has 0 bridgehead atoms. The lowest BCUT2D eigenvalue weighted by atomic mass is 10.1. The molecule has 0 aromatic rings. The van der Waals surface area contributed by atoms with Gasteiger partial charge in [0.05, 0.1) is 13.2 Å². The van der Waals surface area contributed by atoms with Crippen molar-refractivity contribution in [2.24, 2.45) is 0 Å². The molecule has 0 aliphatic carbocycles. The summed E-state index contributed by atoms with van der Waals surface area (Å²) in [6.45, 7) is -1.05. The molecule has 164 valence electrons. The fourth-order valence-corrected chi connectivity index (χ4v) is 3.00. The van der Waals surface area contributed by atoms with E-state index in [1.54, 1.807) is 0 Å². The number of rotatable bonds is 19. The van der Waals surface area contributed by atoms with Gasteiger partial charge in [0.1, 0.15) is 6.10 Å². The molecular weight excluding hydrogens is 395 g/mol. The van der Waals surface area contributed by atoms with Crippen molar-refractivity contribution in [1.29, 1.82) is 0 Å². The standard InChI is InChI=1S/C21H39O5PS/c1-2-3-4-5-6-7-8-9-10-11-12-13-14-15-16-17-18-25-19-21(22)20-26-27(23,24)28/h3-4,6-7,9-10,21-22H,2,5,8,11-20H2,1H3,(H2,23,24,28)/b4-3-,7-6-,10-9-. The molecule has 0 aliphatic rings. The van der Waals surface area contributed by atoms with Crippen molar-refractivity contribution in [2.45, 2.75) is 77.2 Å². The summed E-state index contributed by atoms with van der Waals surface area (Å²) in [5.74, 6) is 0. The van der Waals surface area contributed by atoms with Gasteiger partial charge in [-0.25, -0.2) is 0 Å². The van der Waals surface area contributed by atoms with E-state index >= 15 is 0 Å². The lowest BCUT2D eigenvalue weighted by Gasteiger charge is -2.13. The van der Waals surface area contributed by atoms with E-state index in [0.717, 1.165) is 38.5 Å². The van der Waals surface area contributed by atoms with Gasteiger partial charge in [-0.2, -0.15) is 0 Å². The second-order valence-electron chi connectivity index (χ2n) is 6.72. The first kappa shape index (κ1) is 27.7. The second kappa shape index (κ2) is 20.0. The molecule has 3 N–H and O–H groups in total. The molecule has 0 rings (SSSR count). The molecule has 0 amide bonds. The maximum absolute atomic E-state index is 9.53. The van der Waals surface area contributed by atoms with E-state index in [0.29, 0.717) is 6.61 Å². The Morgan fingerprint density at radius 1 is 0.821 bits per heavy atom. The van der Waals surface area contributed by atoms with Crippen molar-refractivity contribution < 1.29 is 24.2 Å². The van der Waals surface area contributed by atoms with Gasteiger partial charge in [-0.15, -0.1) is 0 Å². The largest absolute Gasteiger partial charge is 0.388 e. The van der Waals surface area contributed by atoms with E-state index in [9.17, 15) is 5.11 Å². The number of aliphatic hydroxyl groups excluding tert-OH is 1. The SMILES string of the molecule is CC/C=C\C/C=C\C/C=C\CCCCCCCCOCC(O)COP(O)(O)=S. The maximum Gasteiger partial charge on any atom is 0.321 e. The summed E-state index contributed by atoms with van der Waals surface area (Å²) >= 11 is 4.30. The van der Waals surface area contributed by atoms with Crippen LogP contribution in [0.5, 0.6) is 0 Å². The zero-order chi connectivity index (χ0) is 20.9. The molecule has 7 heteroatoms. The Labute approximate surface area is 176 Å². The topological polar surface area (TPSA) is 79.2 Å². The van der Waals surface area contributed by atoms with Gasteiger partial charge in [0.15, 0.2) is 0 Å². The molecule has 0 heterocycles. The normalized spacial score (nSPS) is 14.0. The van der Waals surface area contributed by atoms with E-state index in [1.807, 2.05) is 0 Å². The Kier molecular flexibility index (Phi) is 19.7. The summed E-state index contributed by atoms with van der Waals surface area (Å²) in [6.07, 6.45) is 23.8. The van der Waals surface area contributed by atoms with Crippen LogP contribution in [0.25, 0.3) is 0 Å². The summed E-state index contributed by atoms with van der Waals surface area (Å²) in [4.78, 5) is 17.8. The van der Waals surface area contributed by atoms with E-state index < -0.39 is 12.8 Å². The minimum atomic E-state index is -3.69. The van der Waals surface area contributed by atoms with Crippen LogP contribution in [0.3, 0.4) is 0 Å². The van der Waals surface area contributed by atoms with E-state index in [1.165, 1.54) is 25.7 Å². The fraction of sp³-hybridized carbons (Fsp3) is 0.714. The summed E-state index contributed by atoms with van der Waals surface area (Å²) in [5.41, 5.74) is 0. The van der Waals surface area contributed by atoms with E-state index in [-0.39, 0.29) is 13.2 Å². The fourth-order valence-electron chi connectivity index (χ4n) is 2.45. The van der Waals surface area contributed by atoms with Gasteiger partial charge in [0, 0.05) is 6.61 Å². The van der Waals surface area contributed by atoms with Crippen molar-refractivity contribution in [3.63, 3.8) is 0 Å². The Balaban J connectivity index is 3.30. The minimum Gasteiger partial charge on any atom is -0.388 e. The minimum absolute atomic E-state index is 0.117. The molecule has 0 aromatic carbocycles. The van der Waals surface area contributed by atoms with Gasteiger partial charge in [-0.05, 0) is 50.3 Å². The van der Waals surface area contributed by atoms with Gasteiger partial charge in [0.2, 0.25) is 0 Å². The highest BCUT2D eigenvalue weighted by molar-refractivity contribution is 8.06. The average molecular weight is 435 g/mol. The van der Waals surface area contributed by atoms with Crippen LogP contribution < -0.4 is 0 Å². The second-order valence-corrected chi connectivity index (χ2v) is 9.39. The highest BCUT2D eigenvalue weighted by Gasteiger charge is 2.12. The lowest BCUT2D eigenvalue weighted by molar-refractivity contribution is 0.00838. The van der Waals surface area contributed by atoms with Crippen molar-refractivity contribution in [3.8, 4) is 0 Å². The van der Waals surface area contributed by atoms with Crippen molar-refractivity contribution in [2.75, 3.05) is 19.8 Å². The smallest absolute Gasteiger partial charge is 0.321 e. The Morgan fingerprint density at radius 3 is 2.04 bits per heavy atom. The molecule has 0 spiro atoms. The molecule has 0 aliphatic heterocycles. The monoisotopic (exact) mass is 434 g/mol. The van der Waals surface area contributed by atoms with Crippen LogP contribution in [0.2, 0.25) is 0 Å². The predicted octanol–water partition coefficient (Wildman–Crippen LogP) is 5.18. The number of ether oxygens (including phenoxy) is 1. The highest BCUT2D eigenvalue weighted by Crippen LogP contribution is 2.36. The number of allylic oxidation sites excluding steroid dienone is 6. The van der Waals surface area contributed by atoms with Crippen LogP contribution in [-0.4, -0.2) is 40.8 Å². The van der Waals surface area contributed by atoms with Crippen molar-refractivity contribution in [3.05, 3.63) is 36.5 Å². The molecule has 0 saturated carbocycles. The van der Waals surface area contributed by atoms with Crippen LogP contribution in [0.1, 0.15) is 71.1 Å². The van der Waals surface area contributed by atoms with Crippen LogP contribution in [-0.2, 0) is 21.1 Å². The van der Waals surface area contributed by atoms with E-state index in [2.05, 4.69) is 59.7 Å².